The van der Waals surface area contributed by atoms with E-state index in [-0.39, 0.29) is 23.9 Å². The van der Waals surface area contributed by atoms with Crippen molar-refractivity contribution in [3.8, 4) is 0 Å². The molecule has 16 heavy (non-hydrogen) atoms. The number of nitrogens with two attached hydrogens (primary N) is 1. The summed E-state index contributed by atoms with van der Waals surface area (Å²) < 4.78 is 4.83. The Hall–Kier alpha value is -1.69. The molecule has 1 aromatic heterocycles. The van der Waals surface area contributed by atoms with Crippen molar-refractivity contribution in [2.45, 2.75) is 12.8 Å². The van der Waals surface area contributed by atoms with E-state index in [4.69, 9.17) is 22.1 Å². The van der Waals surface area contributed by atoms with Gasteiger partial charge in [-0.3, -0.25) is 4.79 Å². The summed E-state index contributed by atoms with van der Waals surface area (Å²) in [6.07, 6.45) is 0.571. The van der Waals surface area contributed by atoms with Gasteiger partial charge in [-0.05, 0) is 18.6 Å². The van der Waals surface area contributed by atoms with E-state index < -0.39 is 11.9 Å². The number of amides is 1. The van der Waals surface area contributed by atoms with Gasteiger partial charge in [-0.2, -0.15) is 0 Å². The molecule has 0 aliphatic rings. The number of hydrogen-bond donors (Lipinski definition) is 1. The summed E-state index contributed by atoms with van der Waals surface area (Å²) in [5, 5.41) is 7.24. The molecule has 0 radical (unpaired) electrons. The fourth-order valence-corrected chi connectivity index (χ4v) is 1.01. The topological polar surface area (TPSA) is 95.2 Å². The second-order valence-electron chi connectivity index (χ2n) is 2.95. The van der Waals surface area contributed by atoms with Gasteiger partial charge in [0.05, 0.1) is 6.61 Å². The molecule has 1 aromatic rings. The highest BCUT2D eigenvalue weighted by atomic mass is 35.5. The molecule has 6 nitrogen and oxygen atoms in total. The molecule has 0 aliphatic carbocycles. The van der Waals surface area contributed by atoms with E-state index in [1.54, 1.807) is 0 Å². The zero-order chi connectivity index (χ0) is 12.0. The fraction of sp³-hybridized carbons (Fsp3) is 0.333. The largest absolute Gasteiger partial charge is 0.461 e. The smallest absolute Gasteiger partial charge is 0.358 e. The van der Waals surface area contributed by atoms with Crippen LogP contribution in [0.1, 0.15) is 23.3 Å². The molecular formula is C9H10ClN3O3. The summed E-state index contributed by atoms with van der Waals surface area (Å²) in [5.74, 6) is -1.03. The highest BCUT2D eigenvalue weighted by molar-refractivity contribution is 6.29. The van der Waals surface area contributed by atoms with Crippen LogP contribution in [0.2, 0.25) is 5.15 Å². The van der Waals surface area contributed by atoms with Crippen LogP contribution in [0.15, 0.2) is 12.1 Å². The van der Waals surface area contributed by atoms with Crippen molar-refractivity contribution in [3.05, 3.63) is 23.0 Å². The number of carbonyl (C=O) groups is 2. The van der Waals surface area contributed by atoms with Gasteiger partial charge in [-0.25, -0.2) is 4.79 Å². The minimum Gasteiger partial charge on any atom is -0.461 e. The Kier molecular flexibility index (Phi) is 4.65. The third-order valence-electron chi connectivity index (χ3n) is 1.64. The van der Waals surface area contributed by atoms with E-state index >= 15 is 0 Å². The van der Waals surface area contributed by atoms with Crippen molar-refractivity contribution < 1.29 is 14.3 Å². The summed E-state index contributed by atoms with van der Waals surface area (Å²) in [6, 6.07) is 2.85. The highest BCUT2D eigenvalue weighted by Gasteiger charge is 2.09. The molecule has 2 N–H and O–H groups in total. The molecule has 1 amide bonds. The SMILES string of the molecule is NC(=O)CCCOC(=O)c1ccc(Cl)nn1. The lowest BCUT2D eigenvalue weighted by molar-refractivity contribution is -0.118. The van der Waals surface area contributed by atoms with Crippen molar-refractivity contribution in [2.75, 3.05) is 6.61 Å². The first kappa shape index (κ1) is 12.4. The van der Waals surface area contributed by atoms with Gasteiger partial charge in [-0.1, -0.05) is 11.6 Å². The molecule has 0 saturated carbocycles. The molecule has 0 aliphatic heterocycles. The molecule has 0 atom stereocenters. The molecule has 0 aromatic carbocycles. The summed E-state index contributed by atoms with van der Waals surface area (Å²) >= 11 is 5.50. The lowest BCUT2D eigenvalue weighted by Crippen LogP contribution is -2.13. The molecule has 0 fully saturated rings. The van der Waals surface area contributed by atoms with Crippen LogP contribution >= 0.6 is 11.6 Å². The average Bonchev–Trinajstić information content (AvgIpc) is 2.25. The molecule has 1 heterocycles. The Bertz CT molecular complexity index is 380. The van der Waals surface area contributed by atoms with E-state index in [9.17, 15) is 9.59 Å². The number of esters is 1. The van der Waals surface area contributed by atoms with Crippen LogP contribution in [-0.4, -0.2) is 28.7 Å². The summed E-state index contributed by atoms with van der Waals surface area (Å²) in [7, 11) is 0. The summed E-state index contributed by atoms with van der Waals surface area (Å²) in [6.45, 7) is 0.117. The maximum Gasteiger partial charge on any atom is 0.358 e. The first-order valence-corrected chi connectivity index (χ1v) is 4.92. The first-order valence-electron chi connectivity index (χ1n) is 4.54. The molecule has 86 valence electrons. The maximum absolute atomic E-state index is 11.3. The Morgan fingerprint density at radius 3 is 2.69 bits per heavy atom. The lowest BCUT2D eigenvalue weighted by Gasteiger charge is -2.02. The molecule has 1 rings (SSSR count). The van der Waals surface area contributed by atoms with E-state index in [0.717, 1.165) is 0 Å². The minimum absolute atomic E-state index is 0.0727. The third kappa shape index (κ3) is 4.22. The van der Waals surface area contributed by atoms with Gasteiger partial charge in [0.25, 0.3) is 0 Å². The Balaban J connectivity index is 2.35. The van der Waals surface area contributed by atoms with E-state index in [1.165, 1.54) is 12.1 Å². The average molecular weight is 244 g/mol. The number of hydrogen-bond acceptors (Lipinski definition) is 5. The van der Waals surface area contributed by atoms with Gasteiger partial charge in [0.1, 0.15) is 0 Å². The van der Waals surface area contributed by atoms with Crippen molar-refractivity contribution >= 4 is 23.5 Å². The predicted molar refractivity (Wildman–Crippen MR) is 55.8 cm³/mol. The molecule has 0 unspecified atom stereocenters. The van der Waals surface area contributed by atoms with Crippen molar-refractivity contribution in [3.63, 3.8) is 0 Å². The van der Waals surface area contributed by atoms with Crippen LogP contribution in [0.25, 0.3) is 0 Å². The number of aromatic nitrogens is 2. The summed E-state index contributed by atoms with van der Waals surface area (Å²) in [4.78, 5) is 21.7. The number of nitrogens with zero attached hydrogens (tertiary/aromatic N) is 2. The number of carbonyl (C=O) groups excluding carboxylic acids is 2. The van der Waals surface area contributed by atoms with Crippen LogP contribution in [-0.2, 0) is 9.53 Å². The number of primary amides is 1. The molecule has 0 spiro atoms. The molecule has 0 saturated heterocycles. The van der Waals surface area contributed by atoms with Gasteiger partial charge in [-0.15, -0.1) is 10.2 Å². The highest BCUT2D eigenvalue weighted by Crippen LogP contribution is 2.03. The van der Waals surface area contributed by atoms with Gasteiger partial charge in [0.2, 0.25) is 5.91 Å². The lowest BCUT2D eigenvalue weighted by atomic mass is 10.3. The van der Waals surface area contributed by atoms with Crippen LogP contribution < -0.4 is 5.73 Å². The second kappa shape index (κ2) is 6.02. The minimum atomic E-state index is -0.603. The van der Waals surface area contributed by atoms with E-state index in [0.29, 0.717) is 6.42 Å². The maximum atomic E-state index is 11.3. The first-order chi connectivity index (χ1) is 7.59. The summed E-state index contributed by atoms with van der Waals surface area (Å²) in [5.41, 5.74) is 4.99. The van der Waals surface area contributed by atoms with E-state index in [1.807, 2.05) is 0 Å². The quantitative estimate of drug-likeness (QED) is 0.602. The standard InChI is InChI=1S/C9H10ClN3O3/c10-7-4-3-6(12-13-7)9(15)16-5-1-2-8(11)14/h3-4H,1-2,5H2,(H2,11,14). The Morgan fingerprint density at radius 2 is 2.12 bits per heavy atom. The van der Waals surface area contributed by atoms with Crippen LogP contribution in [0, 0.1) is 0 Å². The third-order valence-corrected chi connectivity index (χ3v) is 1.84. The van der Waals surface area contributed by atoms with Crippen LogP contribution in [0.5, 0.6) is 0 Å². The monoisotopic (exact) mass is 243 g/mol. The molecule has 0 bridgehead atoms. The normalized spacial score (nSPS) is 9.81. The van der Waals surface area contributed by atoms with Crippen molar-refractivity contribution in [2.24, 2.45) is 5.73 Å². The van der Waals surface area contributed by atoms with Crippen molar-refractivity contribution in [1.29, 1.82) is 0 Å². The Labute approximate surface area is 96.7 Å². The zero-order valence-electron chi connectivity index (χ0n) is 8.35. The van der Waals surface area contributed by atoms with Gasteiger partial charge < -0.3 is 10.5 Å². The van der Waals surface area contributed by atoms with Gasteiger partial charge in [0.15, 0.2) is 10.8 Å². The van der Waals surface area contributed by atoms with E-state index in [2.05, 4.69) is 10.2 Å². The van der Waals surface area contributed by atoms with Crippen LogP contribution in [0.4, 0.5) is 0 Å². The number of ether oxygens (including phenoxy) is 1. The van der Waals surface area contributed by atoms with Crippen LogP contribution in [0.3, 0.4) is 0 Å². The molecule has 7 heteroatoms. The number of rotatable bonds is 5. The predicted octanol–water partition coefficient (Wildman–Crippen LogP) is 0.552. The fourth-order valence-electron chi connectivity index (χ4n) is 0.910. The number of halogens is 1. The zero-order valence-corrected chi connectivity index (χ0v) is 9.11. The Morgan fingerprint density at radius 1 is 1.38 bits per heavy atom. The van der Waals surface area contributed by atoms with Gasteiger partial charge >= 0.3 is 5.97 Å². The molecular weight excluding hydrogens is 234 g/mol. The van der Waals surface area contributed by atoms with Gasteiger partial charge in [0, 0.05) is 6.42 Å². The second-order valence-corrected chi connectivity index (χ2v) is 3.33. The van der Waals surface area contributed by atoms with Crippen molar-refractivity contribution in [1.82, 2.24) is 10.2 Å².